The number of pyridine rings is 1. The lowest BCUT2D eigenvalue weighted by Crippen LogP contribution is -2.44. The topological polar surface area (TPSA) is 88.9 Å². The minimum absolute atomic E-state index is 0.166. The van der Waals surface area contributed by atoms with Crippen molar-refractivity contribution in [3.05, 3.63) is 35.0 Å². The molecule has 6 heteroatoms. The summed E-state index contributed by atoms with van der Waals surface area (Å²) in [7, 11) is 0. The Morgan fingerprint density at radius 3 is 2.88 bits per heavy atom. The van der Waals surface area contributed by atoms with Gasteiger partial charge in [-0.05, 0) is 18.6 Å². The average molecular weight is 238 g/mol. The van der Waals surface area contributed by atoms with E-state index in [4.69, 9.17) is 4.74 Å². The van der Waals surface area contributed by atoms with Crippen molar-refractivity contribution >= 4 is 5.97 Å². The maximum atomic E-state index is 11.9. The highest BCUT2D eigenvalue weighted by Crippen LogP contribution is 2.25. The lowest BCUT2D eigenvalue weighted by atomic mass is 9.82. The van der Waals surface area contributed by atoms with Gasteiger partial charge in [-0.1, -0.05) is 11.2 Å². The zero-order chi connectivity index (χ0) is 12.7. The number of ether oxygens (including phenoxy) is 1. The molecule has 0 saturated carbocycles. The molecule has 1 N–H and O–H groups in total. The van der Waals surface area contributed by atoms with E-state index in [1.165, 1.54) is 12.4 Å². The fourth-order valence-electron chi connectivity index (χ4n) is 1.50. The zero-order valence-corrected chi connectivity index (χ0v) is 9.50. The molecule has 6 nitrogen and oxygen atoms in total. The monoisotopic (exact) mass is 238 g/mol. The summed E-state index contributed by atoms with van der Waals surface area (Å²) in [4.78, 5) is 26.2. The molecule has 1 aromatic rings. The Labute approximate surface area is 98.6 Å². The van der Waals surface area contributed by atoms with E-state index in [1.807, 2.05) is 0 Å². The molecule has 0 aliphatic carbocycles. The van der Waals surface area contributed by atoms with Crippen molar-refractivity contribution in [3.8, 4) is 0 Å². The van der Waals surface area contributed by atoms with Crippen LogP contribution in [-0.4, -0.2) is 35.8 Å². The Balaban J connectivity index is 3.17. The third-order valence-electron chi connectivity index (χ3n) is 2.48. The quantitative estimate of drug-likeness (QED) is 0.580. The van der Waals surface area contributed by atoms with E-state index in [1.54, 1.807) is 19.1 Å². The summed E-state index contributed by atoms with van der Waals surface area (Å²) >= 11 is 0. The molecule has 0 aliphatic rings. The molecule has 1 rings (SSSR count). The number of nitrogens with zero attached hydrogens (tertiary/aromatic N) is 2. The van der Waals surface area contributed by atoms with Gasteiger partial charge in [0.1, 0.15) is 12.0 Å². The molecule has 0 fully saturated rings. The first-order chi connectivity index (χ1) is 8.21. The second-order valence-electron chi connectivity index (χ2n) is 3.49. The average Bonchev–Trinajstić information content (AvgIpc) is 2.37. The number of aromatic nitrogens is 1. The minimum Gasteiger partial charge on any atom is -0.465 e. The van der Waals surface area contributed by atoms with Gasteiger partial charge in [-0.25, -0.2) is 0 Å². The molecule has 92 valence electrons. The summed E-state index contributed by atoms with van der Waals surface area (Å²) in [5, 5.41) is 12.2. The first-order valence-corrected chi connectivity index (χ1v) is 5.19. The van der Waals surface area contributed by atoms with E-state index in [2.05, 4.69) is 10.2 Å². The van der Waals surface area contributed by atoms with Gasteiger partial charge in [0, 0.05) is 12.4 Å². The fourth-order valence-corrected chi connectivity index (χ4v) is 1.50. The van der Waals surface area contributed by atoms with E-state index >= 15 is 0 Å². The molecule has 0 spiro atoms. The first kappa shape index (κ1) is 13.2. The lowest BCUT2D eigenvalue weighted by molar-refractivity contribution is -0.151. The number of nitroso groups, excluding NO2 is 1. The number of hydrogen-bond donors (Lipinski definition) is 1. The Bertz CT molecular complexity index is 382. The Morgan fingerprint density at radius 1 is 1.65 bits per heavy atom. The van der Waals surface area contributed by atoms with Crippen LogP contribution in [0.4, 0.5) is 0 Å². The van der Waals surface area contributed by atoms with Gasteiger partial charge in [-0.3, -0.25) is 9.78 Å². The lowest BCUT2D eigenvalue weighted by Gasteiger charge is -2.26. The minimum atomic E-state index is -1.45. The van der Waals surface area contributed by atoms with Crippen molar-refractivity contribution in [1.29, 1.82) is 0 Å². The number of hydrogen-bond acceptors (Lipinski definition) is 6. The summed E-state index contributed by atoms with van der Waals surface area (Å²) in [6, 6.07) is 3.22. The van der Waals surface area contributed by atoms with Gasteiger partial charge in [0.25, 0.3) is 0 Å². The number of aliphatic hydroxyl groups excluding tert-OH is 1. The van der Waals surface area contributed by atoms with Crippen molar-refractivity contribution in [2.75, 3.05) is 19.8 Å². The predicted octanol–water partition coefficient (Wildman–Crippen LogP) is 0.641. The fraction of sp³-hybridized carbons (Fsp3) is 0.455. The van der Waals surface area contributed by atoms with Crippen LogP contribution in [0.5, 0.6) is 0 Å². The second-order valence-corrected chi connectivity index (χ2v) is 3.49. The Hall–Kier alpha value is -1.82. The standard InChI is InChI=1S/C11H14N2O4/c1-2-17-10(15)11(8-14,7-13-16)9-4-3-5-12-6-9/h3-6,14H,2,7-8H2,1H3. The van der Waals surface area contributed by atoms with Gasteiger partial charge in [-0.2, -0.15) is 4.91 Å². The molecule has 1 unspecified atom stereocenters. The zero-order valence-electron chi connectivity index (χ0n) is 9.50. The molecular weight excluding hydrogens is 224 g/mol. The van der Waals surface area contributed by atoms with Crippen molar-refractivity contribution in [2.45, 2.75) is 12.3 Å². The first-order valence-electron chi connectivity index (χ1n) is 5.19. The molecule has 1 aromatic heterocycles. The van der Waals surface area contributed by atoms with Gasteiger partial charge in [0.05, 0.1) is 13.2 Å². The maximum absolute atomic E-state index is 11.9. The van der Waals surface area contributed by atoms with E-state index < -0.39 is 18.0 Å². The summed E-state index contributed by atoms with van der Waals surface area (Å²) in [6.45, 7) is 0.884. The van der Waals surface area contributed by atoms with Crippen LogP contribution in [0.15, 0.2) is 29.7 Å². The molecule has 0 saturated heterocycles. The normalized spacial score (nSPS) is 13.8. The van der Waals surface area contributed by atoms with E-state index in [-0.39, 0.29) is 13.2 Å². The second kappa shape index (κ2) is 6.05. The van der Waals surface area contributed by atoms with Crippen LogP contribution in [0.25, 0.3) is 0 Å². The van der Waals surface area contributed by atoms with Crippen molar-refractivity contribution in [1.82, 2.24) is 4.98 Å². The predicted molar refractivity (Wildman–Crippen MR) is 60.3 cm³/mol. The number of aliphatic hydroxyl groups is 1. The van der Waals surface area contributed by atoms with E-state index in [9.17, 15) is 14.8 Å². The smallest absolute Gasteiger partial charge is 0.321 e. The molecule has 1 atom stereocenters. The summed E-state index contributed by atoms with van der Waals surface area (Å²) in [6.07, 6.45) is 2.95. The van der Waals surface area contributed by atoms with Crippen molar-refractivity contribution in [3.63, 3.8) is 0 Å². The van der Waals surface area contributed by atoms with Crippen LogP contribution in [0, 0.1) is 4.91 Å². The SMILES string of the molecule is CCOC(=O)C(CO)(CN=O)c1cccnc1. The number of carbonyl (C=O) groups is 1. The third-order valence-corrected chi connectivity index (χ3v) is 2.48. The van der Waals surface area contributed by atoms with Crippen LogP contribution < -0.4 is 0 Å². The van der Waals surface area contributed by atoms with Crippen molar-refractivity contribution < 1.29 is 14.6 Å². The molecular formula is C11H14N2O4. The third kappa shape index (κ3) is 2.65. The van der Waals surface area contributed by atoms with Crippen LogP contribution >= 0.6 is 0 Å². The highest BCUT2D eigenvalue weighted by atomic mass is 16.5. The molecule has 17 heavy (non-hydrogen) atoms. The van der Waals surface area contributed by atoms with E-state index in [0.29, 0.717) is 5.56 Å². The van der Waals surface area contributed by atoms with Gasteiger partial charge in [0.2, 0.25) is 0 Å². The van der Waals surface area contributed by atoms with Crippen LogP contribution in [0.1, 0.15) is 12.5 Å². The van der Waals surface area contributed by atoms with E-state index in [0.717, 1.165) is 0 Å². The molecule has 0 aliphatic heterocycles. The highest BCUT2D eigenvalue weighted by molar-refractivity contribution is 5.83. The number of rotatable bonds is 6. The summed E-state index contributed by atoms with van der Waals surface area (Å²) in [5.41, 5.74) is -1.04. The van der Waals surface area contributed by atoms with Crippen LogP contribution in [0.3, 0.4) is 0 Å². The van der Waals surface area contributed by atoms with Crippen LogP contribution in [-0.2, 0) is 14.9 Å². The van der Waals surface area contributed by atoms with Crippen molar-refractivity contribution in [2.24, 2.45) is 5.18 Å². The maximum Gasteiger partial charge on any atom is 0.321 e. The molecule has 0 aromatic carbocycles. The summed E-state index contributed by atoms with van der Waals surface area (Å²) in [5.74, 6) is -0.671. The van der Waals surface area contributed by atoms with Gasteiger partial charge < -0.3 is 9.84 Å². The largest absolute Gasteiger partial charge is 0.465 e. The van der Waals surface area contributed by atoms with Crippen LogP contribution in [0.2, 0.25) is 0 Å². The molecule has 0 radical (unpaired) electrons. The van der Waals surface area contributed by atoms with Gasteiger partial charge >= 0.3 is 5.97 Å². The Morgan fingerprint density at radius 2 is 2.41 bits per heavy atom. The molecule has 1 heterocycles. The van der Waals surface area contributed by atoms with Gasteiger partial charge in [0.15, 0.2) is 0 Å². The van der Waals surface area contributed by atoms with Gasteiger partial charge in [-0.15, -0.1) is 0 Å². The number of carbonyl (C=O) groups excluding carboxylic acids is 1. The Kier molecular flexibility index (Phi) is 4.71. The highest BCUT2D eigenvalue weighted by Gasteiger charge is 2.42. The number of esters is 1. The summed E-state index contributed by atoms with van der Waals surface area (Å²) < 4.78 is 4.88. The molecule has 0 amide bonds. The molecule has 0 bridgehead atoms.